The number of benzene rings is 1. The summed E-state index contributed by atoms with van der Waals surface area (Å²) in [6, 6.07) is 9.84. The minimum atomic E-state index is -0.413. The van der Waals surface area contributed by atoms with Crippen LogP contribution in [0.15, 0.2) is 55.6 Å². The van der Waals surface area contributed by atoms with Gasteiger partial charge in [0.2, 0.25) is 0 Å². The van der Waals surface area contributed by atoms with Crippen LogP contribution in [0.2, 0.25) is 0 Å². The second kappa shape index (κ2) is 8.64. The molecule has 0 fully saturated rings. The van der Waals surface area contributed by atoms with E-state index in [4.69, 9.17) is 9.47 Å². The molecule has 1 aromatic rings. The Labute approximate surface area is 108 Å². The van der Waals surface area contributed by atoms with Gasteiger partial charge in [-0.25, -0.2) is 0 Å². The van der Waals surface area contributed by atoms with E-state index in [1.54, 1.807) is 12.2 Å². The SMILES string of the molecule is C=CCO[C@H](CO)[C@@H](C=C)OCc1ccccc1. The van der Waals surface area contributed by atoms with Crippen LogP contribution in [0, 0.1) is 0 Å². The number of ether oxygens (including phenoxy) is 2. The summed E-state index contributed by atoms with van der Waals surface area (Å²) in [6.07, 6.45) is 2.53. The third kappa shape index (κ3) is 4.84. The van der Waals surface area contributed by atoms with Crippen molar-refractivity contribution in [1.82, 2.24) is 0 Å². The number of aliphatic hydroxyl groups is 1. The summed E-state index contributed by atoms with van der Waals surface area (Å²) in [4.78, 5) is 0. The molecule has 0 spiro atoms. The molecule has 0 aliphatic rings. The Bertz CT molecular complexity index is 348. The Morgan fingerprint density at radius 1 is 1.17 bits per heavy atom. The molecule has 98 valence electrons. The zero-order valence-corrected chi connectivity index (χ0v) is 10.5. The summed E-state index contributed by atoms with van der Waals surface area (Å²) in [7, 11) is 0. The molecule has 1 aromatic carbocycles. The fourth-order valence-corrected chi connectivity index (χ4v) is 1.54. The maximum atomic E-state index is 9.26. The normalized spacial score (nSPS) is 13.8. The van der Waals surface area contributed by atoms with Gasteiger partial charge in [-0.15, -0.1) is 13.2 Å². The molecule has 0 saturated carbocycles. The van der Waals surface area contributed by atoms with Gasteiger partial charge in [-0.2, -0.15) is 0 Å². The van der Waals surface area contributed by atoms with Crippen LogP contribution in [0.1, 0.15) is 5.56 Å². The maximum Gasteiger partial charge on any atom is 0.111 e. The van der Waals surface area contributed by atoms with Crippen LogP contribution in [0.5, 0.6) is 0 Å². The van der Waals surface area contributed by atoms with E-state index in [2.05, 4.69) is 13.2 Å². The lowest BCUT2D eigenvalue weighted by Crippen LogP contribution is -2.33. The molecule has 1 rings (SSSR count). The molecule has 0 unspecified atom stereocenters. The predicted octanol–water partition coefficient (Wildman–Crippen LogP) is 2.32. The molecule has 0 aliphatic heterocycles. The van der Waals surface area contributed by atoms with Crippen molar-refractivity contribution in [2.75, 3.05) is 13.2 Å². The van der Waals surface area contributed by atoms with Crippen molar-refractivity contribution in [2.45, 2.75) is 18.8 Å². The molecule has 0 aromatic heterocycles. The summed E-state index contributed by atoms with van der Waals surface area (Å²) in [5, 5.41) is 9.26. The van der Waals surface area contributed by atoms with E-state index in [0.29, 0.717) is 13.2 Å². The molecule has 0 heterocycles. The standard InChI is InChI=1S/C15H20O3/c1-3-10-17-15(11-16)14(4-2)18-12-13-8-6-5-7-9-13/h3-9,14-16H,1-2,10-12H2/t14-,15-/m1/s1. The van der Waals surface area contributed by atoms with E-state index in [9.17, 15) is 5.11 Å². The topological polar surface area (TPSA) is 38.7 Å². The molecule has 0 radical (unpaired) electrons. The largest absolute Gasteiger partial charge is 0.394 e. The van der Waals surface area contributed by atoms with E-state index < -0.39 is 6.10 Å². The smallest absolute Gasteiger partial charge is 0.111 e. The Balaban J connectivity index is 2.49. The quantitative estimate of drug-likeness (QED) is 0.682. The van der Waals surface area contributed by atoms with Gasteiger partial charge in [0, 0.05) is 0 Å². The molecule has 3 nitrogen and oxygen atoms in total. The molecule has 3 heteroatoms. The van der Waals surface area contributed by atoms with E-state index in [0.717, 1.165) is 5.56 Å². The fraction of sp³-hybridized carbons (Fsp3) is 0.333. The lowest BCUT2D eigenvalue weighted by Gasteiger charge is -2.23. The lowest BCUT2D eigenvalue weighted by molar-refractivity contribution is -0.0707. The molecule has 0 saturated heterocycles. The molecule has 0 bridgehead atoms. The predicted molar refractivity (Wildman–Crippen MR) is 72.2 cm³/mol. The van der Waals surface area contributed by atoms with E-state index in [1.165, 1.54) is 0 Å². The molecular formula is C15H20O3. The van der Waals surface area contributed by atoms with Gasteiger partial charge in [0.1, 0.15) is 12.2 Å². The highest BCUT2D eigenvalue weighted by Crippen LogP contribution is 2.10. The Morgan fingerprint density at radius 2 is 1.89 bits per heavy atom. The fourth-order valence-electron chi connectivity index (χ4n) is 1.54. The third-order valence-electron chi connectivity index (χ3n) is 2.49. The van der Waals surface area contributed by atoms with Crippen molar-refractivity contribution < 1.29 is 14.6 Å². The highest BCUT2D eigenvalue weighted by molar-refractivity contribution is 5.13. The summed E-state index contributed by atoms with van der Waals surface area (Å²) in [5.74, 6) is 0. The lowest BCUT2D eigenvalue weighted by atomic mass is 10.2. The van der Waals surface area contributed by atoms with Crippen molar-refractivity contribution in [3.63, 3.8) is 0 Å². The van der Waals surface area contributed by atoms with E-state index >= 15 is 0 Å². The van der Waals surface area contributed by atoms with Gasteiger partial charge in [-0.05, 0) is 5.56 Å². The first-order valence-electron chi connectivity index (χ1n) is 5.93. The zero-order valence-electron chi connectivity index (χ0n) is 10.5. The summed E-state index contributed by atoms with van der Waals surface area (Å²) < 4.78 is 11.1. The van der Waals surface area contributed by atoms with E-state index in [1.807, 2.05) is 30.3 Å². The molecule has 0 aliphatic carbocycles. The van der Waals surface area contributed by atoms with Crippen LogP contribution < -0.4 is 0 Å². The average Bonchev–Trinajstić information content (AvgIpc) is 2.43. The average molecular weight is 248 g/mol. The molecule has 2 atom stereocenters. The van der Waals surface area contributed by atoms with Crippen LogP contribution in [-0.2, 0) is 16.1 Å². The first-order valence-corrected chi connectivity index (χ1v) is 5.93. The van der Waals surface area contributed by atoms with E-state index in [-0.39, 0.29) is 12.7 Å². The van der Waals surface area contributed by atoms with Gasteiger partial charge in [-0.3, -0.25) is 0 Å². The Morgan fingerprint density at radius 3 is 2.44 bits per heavy atom. The Hall–Kier alpha value is -1.42. The van der Waals surface area contributed by atoms with Gasteiger partial charge in [0.15, 0.2) is 0 Å². The van der Waals surface area contributed by atoms with Crippen LogP contribution in [0.3, 0.4) is 0 Å². The summed E-state index contributed by atoms with van der Waals surface area (Å²) in [5.41, 5.74) is 1.07. The summed E-state index contributed by atoms with van der Waals surface area (Å²) in [6.45, 7) is 8.01. The van der Waals surface area contributed by atoms with Gasteiger partial charge < -0.3 is 14.6 Å². The van der Waals surface area contributed by atoms with Crippen molar-refractivity contribution in [3.8, 4) is 0 Å². The maximum absolute atomic E-state index is 9.26. The summed E-state index contributed by atoms with van der Waals surface area (Å²) >= 11 is 0. The van der Waals surface area contributed by atoms with Gasteiger partial charge in [0.25, 0.3) is 0 Å². The third-order valence-corrected chi connectivity index (χ3v) is 2.49. The van der Waals surface area contributed by atoms with Gasteiger partial charge >= 0.3 is 0 Å². The number of hydrogen-bond acceptors (Lipinski definition) is 3. The molecule has 1 N–H and O–H groups in total. The van der Waals surface area contributed by atoms with Crippen molar-refractivity contribution in [2.24, 2.45) is 0 Å². The molecular weight excluding hydrogens is 228 g/mol. The monoisotopic (exact) mass is 248 g/mol. The second-order valence-corrected chi connectivity index (χ2v) is 3.84. The zero-order chi connectivity index (χ0) is 13.2. The Kier molecular flexibility index (Phi) is 7.03. The highest BCUT2D eigenvalue weighted by atomic mass is 16.5. The minimum absolute atomic E-state index is 0.112. The number of rotatable bonds is 9. The van der Waals surface area contributed by atoms with Crippen LogP contribution >= 0.6 is 0 Å². The highest BCUT2D eigenvalue weighted by Gasteiger charge is 2.18. The first-order chi connectivity index (χ1) is 8.81. The second-order valence-electron chi connectivity index (χ2n) is 3.84. The minimum Gasteiger partial charge on any atom is -0.394 e. The molecule has 0 amide bonds. The molecule has 18 heavy (non-hydrogen) atoms. The van der Waals surface area contributed by atoms with Crippen LogP contribution in [0.25, 0.3) is 0 Å². The van der Waals surface area contributed by atoms with Gasteiger partial charge in [-0.1, -0.05) is 42.5 Å². The van der Waals surface area contributed by atoms with Crippen molar-refractivity contribution in [1.29, 1.82) is 0 Å². The van der Waals surface area contributed by atoms with Crippen LogP contribution in [-0.4, -0.2) is 30.5 Å². The van der Waals surface area contributed by atoms with Gasteiger partial charge in [0.05, 0.1) is 19.8 Å². The number of hydrogen-bond donors (Lipinski definition) is 1. The van der Waals surface area contributed by atoms with Crippen molar-refractivity contribution >= 4 is 0 Å². The van der Waals surface area contributed by atoms with Crippen molar-refractivity contribution in [3.05, 3.63) is 61.2 Å². The first kappa shape index (κ1) is 14.6. The number of aliphatic hydroxyl groups excluding tert-OH is 1. The van der Waals surface area contributed by atoms with Crippen LogP contribution in [0.4, 0.5) is 0 Å².